The molecule has 0 saturated heterocycles. The van der Waals surface area contributed by atoms with Gasteiger partial charge in [0.25, 0.3) is 0 Å². The van der Waals surface area contributed by atoms with Gasteiger partial charge in [-0.05, 0) is 36.4 Å². The van der Waals surface area contributed by atoms with Gasteiger partial charge in [-0.3, -0.25) is 0 Å². The van der Waals surface area contributed by atoms with E-state index < -0.39 is 6.67 Å². The summed E-state index contributed by atoms with van der Waals surface area (Å²) in [6, 6.07) is 11.5. The summed E-state index contributed by atoms with van der Waals surface area (Å²) in [5.74, 6) is 2.31. The topological polar surface area (TPSA) is 65.8 Å². The maximum Gasteiger partial charge on any atom is 0.136 e. The lowest BCUT2D eigenvalue weighted by Gasteiger charge is -2.07. The van der Waals surface area contributed by atoms with Crippen molar-refractivity contribution in [2.24, 2.45) is 0 Å². The number of benzene rings is 1. The van der Waals surface area contributed by atoms with Crippen LogP contribution in [0.5, 0.6) is 5.75 Å². The zero-order chi connectivity index (χ0) is 18.9. The molecular formula is C20H23FN2O4. The second-order valence-electron chi connectivity index (χ2n) is 5.75. The average molecular weight is 374 g/mol. The Hall–Kier alpha value is -2.64. The molecule has 0 bridgehead atoms. The number of anilines is 1. The van der Waals surface area contributed by atoms with E-state index in [1.807, 2.05) is 43.4 Å². The molecule has 0 amide bonds. The van der Waals surface area contributed by atoms with Crippen LogP contribution in [0.1, 0.15) is 0 Å². The highest BCUT2D eigenvalue weighted by Crippen LogP contribution is 2.30. The van der Waals surface area contributed by atoms with Gasteiger partial charge in [0.15, 0.2) is 0 Å². The van der Waals surface area contributed by atoms with E-state index >= 15 is 0 Å². The predicted molar refractivity (Wildman–Crippen MR) is 102 cm³/mol. The van der Waals surface area contributed by atoms with E-state index in [1.165, 1.54) is 0 Å². The Kier molecular flexibility index (Phi) is 7.01. The molecule has 0 spiro atoms. The van der Waals surface area contributed by atoms with Crippen LogP contribution in [0.2, 0.25) is 0 Å². The van der Waals surface area contributed by atoms with Crippen LogP contribution in [-0.4, -0.2) is 51.7 Å². The maximum atomic E-state index is 11.9. The van der Waals surface area contributed by atoms with Crippen molar-refractivity contribution in [3.05, 3.63) is 42.6 Å². The highest BCUT2D eigenvalue weighted by atomic mass is 19.1. The second-order valence-corrected chi connectivity index (χ2v) is 5.75. The maximum absolute atomic E-state index is 11.9. The third-order valence-corrected chi connectivity index (χ3v) is 3.88. The number of halogens is 1. The summed E-state index contributed by atoms with van der Waals surface area (Å²) in [7, 11) is 1.83. The SMILES string of the molecule is CNc1ccc(-c2cc3cc(OCCOCCOCCF)ccc3o2)cn1. The summed E-state index contributed by atoms with van der Waals surface area (Å²) < 4.78 is 33.8. The van der Waals surface area contributed by atoms with Gasteiger partial charge in [0.2, 0.25) is 0 Å². The molecule has 0 aliphatic carbocycles. The summed E-state index contributed by atoms with van der Waals surface area (Å²) in [5.41, 5.74) is 1.70. The molecule has 27 heavy (non-hydrogen) atoms. The number of alkyl halides is 1. The number of ether oxygens (including phenoxy) is 3. The van der Waals surface area contributed by atoms with Gasteiger partial charge < -0.3 is 23.9 Å². The largest absolute Gasteiger partial charge is 0.491 e. The van der Waals surface area contributed by atoms with Crippen molar-refractivity contribution in [1.82, 2.24) is 4.98 Å². The Labute approximate surface area is 157 Å². The average Bonchev–Trinajstić information content (AvgIpc) is 3.13. The number of fused-ring (bicyclic) bond motifs is 1. The van der Waals surface area contributed by atoms with E-state index in [1.54, 1.807) is 6.20 Å². The number of rotatable bonds is 11. The van der Waals surface area contributed by atoms with Crippen molar-refractivity contribution in [1.29, 1.82) is 0 Å². The highest BCUT2D eigenvalue weighted by Gasteiger charge is 2.08. The molecule has 2 heterocycles. The molecular weight excluding hydrogens is 351 g/mol. The Morgan fingerprint density at radius 1 is 1.00 bits per heavy atom. The fraction of sp³-hybridized carbons (Fsp3) is 0.350. The van der Waals surface area contributed by atoms with Crippen molar-refractivity contribution < 1.29 is 23.0 Å². The third kappa shape index (κ3) is 5.42. The van der Waals surface area contributed by atoms with Gasteiger partial charge in [0, 0.05) is 24.2 Å². The minimum Gasteiger partial charge on any atom is -0.491 e. The third-order valence-electron chi connectivity index (χ3n) is 3.88. The molecule has 1 aromatic carbocycles. The summed E-state index contributed by atoms with van der Waals surface area (Å²) in [6.07, 6.45) is 1.77. The van der Waals surface area contributed by atoms with Crippen molar-refractivity contribution in [2.75, 3.05) is 52.1 Å². The highest BCUT2D eigenvalue weighted by molar-refractivity contribution is 5.84. The fourth-order valence-electron chi connectivity index (χ4n) is 2.54. The van der Waals surface area contributed by atoms with E-state index in [0.29, 0.717) is 26.4 Å². The Balaban J connectivity index is 1.52. The van der Waals surface area contributed by atoms with Gasteiger partial charge >= 0.3 is 0 Å². The van der Waals surface area contributed by atoms with Crippen LogP contribution in [0.15, 0.2) is 47.0 Å². The molecule has 144 valence electrons. The Bertz CT molecular complexity index is 836. The quantitative estimate of drug-likeness (QED) is 0.513. The molecule has 6 nitrogen and oxygen atoms in total. The summed E-state index contributed by atoms with van der Waals surface area (Å²) in [4.78, 5) is 4.31. The molecule has 2 aromatic heterocycles. The Morgan fingerprint density at radius 2 is 1.81 bits per heavy atom. The first kappa shape index (κ1) is 19.1. The van der Waals surface area contributed by atoms with Crippen LogP contribution in [0.4, 0.5) is 10.2 Å². The number of hydrogen-bond donors (Lipinski definition) is 1. The Morgan fingerprint density at radius 3 is 2.56 bits per heavy atom. The van der Waals surface area contributed by atoms with Crippen molar-refractivity contribution >= 4 is 16.8 Å². The van der Waals surface area contributed by atoms with Crippen LogP contribution < -0.4 is 10.1 Å². The summed E-state index contributed by atoms with van der Waals surface area (Å²) in [6.45, 7) is 1.32. The van der Waals surface area contributed by atoms with E-state index in [0.717, 1.165) is 33.9 Å². The van der Waals surface area contributed by atoms with Gasteiger partial charge in [-0.1, -0.05) is 0 Å². The molecule has 3 aromatic rings. The molecule has 7 heteroatoms. The number of furan rings is 1. The van der Waals surface area contributed by atoms with E-state index in [9.17, 15) is 4.39 Å². The zero-order valence-corrected chi connectivity index (χ0v) is 15.2. The number of nitrogens with zero attached hydrogens (tertiary/aromatic N) is 1. The second kappa shape index (κ2) is 9.89. The molecule has 0 unspecified atom stereocenters. The minimum atomic E-state index is -0.473. The molecule has 1 N–H and O–H groups in total. The van der Waals surface area contributed by atoms with Crippen molar-refractivity contribution in [2.45, 2.75) is 0 Å². The van der Waals surface area contributed by atoms with Crippen LogP contribution in [0, 0.1) is 0 Å². The molecule has 0 fully saturated rings. The molecule has 0 aliphatic rings. The monoisotopic (exact) mass is 374 g/mol. The van der Waals surface area contributed by atoms with E-state index in [2.05, 4.69) is 10.3 Å². The van der Waals surface area contributed by atoms with E-state index in [4.69, 9.17) is 18.6 Å². The molecule has 0 radical (unpaired) electrons. The van der Waals surface area contributed by atoms with Gasteiger partial charge in [-0.15, -0.1) is 0 Å². The van der Waals surface area contributed by atoms with Gasteiger partial charge in [0.05, 0.1) is 26.4 Å². The number of pyridine rings is 1. The normalized spacial score (nSPS) is 11.0. The number of aromatic nitrogens is 1. The van der Waals surface area contributed by atoms with Crippen molar-refractivity contribution in [3.63, 3.8) is 0 Å². The lowest BCUT2D eigenvalue weighted by Crippen LogP contribution is -2.11. The van der Waals surface area contributed by atoms with Crippen LogP contribution in [-0.2, 0) is 9.47 Å². The fourth-order valence-corrected chi connectivity index (χ4v) is 2.54. The lowest BCUT2D eigenvalue weighted by molar-refractivity contribution is 0.0325. The molecule has 0 saturated carbocycles. The van der Waals surface area contributed by atoms with Crippen LogP contribution in [0.25, 0.3) is 22.3 Å². The summed E-state index contributed by atoms with van der Waals surface area (Å²) in [5, 5.41) is 3.95. The van der Waals surface area contributed by atoms with Crippen molar-refractivity contribution in [3.8, 4) is 17.1 Å². The standard InChI is InChI=1S/C20H23FN2O4/c1-22-20-5-2-15(14-23-20)19-13-16-12-17(3-4-18(16)27-19)26-11-10-25-9-8-24-7-6-21/h2-5,12-14H,6-11H2,1H3,(H,22,23). The number of nitrogens with one attached hydrogen (secondary N) is 1. The smallest absolute Gasteiger partial charge is 0.136 e. The first-order chi connectivity index (χ1) is 13.3. The summed E-state index contributed by atoms with van der Waals surface area (Å²) >= 11 is 0. The first-order valence-corrected chi connectivity index (χ1v) is 8.82. The van der Waals surface area contributed by atoms with Gasteiger partial charge in [-0.25, -0.2) is 9.37 Å². The lowest BCUT2D eigenvalue weighted by atomic mass is 10.2. The van der Waals surface area contributed by atoms with Gasteiger partial charge in [-0.2, -0.15) is 0 Å². The van der Waals surface area contributed by atoms with Crippen LogP contribution >= 0.6 is 0 Å². The molecule has 0 aliphatic heterocycles. The molecule has 0 atom stereocenters. The first-order valence-electron chi connectivity index (χ1n) is 8.82. The minimum absolute atomic E-state index is 0.113. The van der Waals surface area contributed by atoms with Gasteiger partial charge in [0.1, 0.15) is 36.2 Å². The van der Waals surface area contributed by atoms with E-state index in [-0.39, 0.29) is 6.61 Å². The predicted octanol–water partition coefficient (Wildman–Crippen LogP) is 3.92. The molecule has 3 rings (SSSR count). The number of hydrogen-bond acceptors (Lipinski definition) is 6. The van der Waals surface area contributed by atoms with Crippen LogP contribution in [0.3, 0.4) is 0 Å². The zero-order valence-electron chi connectivity index (χ0n) is 15.2.